The van der Waals surface area contributed by atoms with Gasteiger partial charge in [-0.15, -0.1) is 0 Å². The molecule has 0 aliphatic carbocycles. The zero-order chi connectivity index (χ0) is 16.4. The van der Waals surface area contributed by atoms with E-state index in [1.807, 2.05) is 18.2 Å². The maximum Gasteiger partial charge on any atom is 0.251 e. The van der Waals surface area contributed by atoms with Gasteiger partial charge in [0, 0.05) is 23.2 Å². The Labute approximate surface area is 136 Å². The fourth-order valence-corrected chi connectivity index (χ4v) is 2.62. The van der Waals surface area contributed by atoms with Gasteiger partial charge in [-0.2, -0.15) is 0 Å². The second-order valence-corrected chi connectivity index (χ2v) is 6.98. The quantitative estimate of drug-likeness (QED) is 0.912. The fraction of sp³-hybridized carbons (Fsp3) is 0.444. The van der Waals surface area contributed by atoms with Gasteiger partial charge in [0.05, 0.1) is 12.2 Å². The van der Waals surface area contributed by atoms with Gasteiger partial charge in [0.15, 0.2) is 5.89 Å². The van der Waals surface area contributed by atoms with Crippen molar-refractivity contribution in [2.24, 2.45) is 0 Å². The normalized spacial score (nSPS) is 14.8. The first-order valence-electron chi connectivity index (χ1n) is 8.03. The minimum absolute atomic E-state index is 0.0117. The molecule has 2 N–H and O–H groups in total. The van der Waals surface area contributed by atoms with Crippen molar-refractivity contribution >= 4 is 11.6 Å². The molecule has 0 radical (unpaired) electrons. The number of nitrogens with one attached hydrogen (secondary N) is 2. The Morgan fingerprint density at radius 2 is 2.17 bits per heavy atom. The summed E-state index contributed by atoms with van der Waals surface area (Å²) in [6.07, 6.45) is 3.61. The van der Waals surface area contributed by atoms with Crippen LogP contribution in [0.15, 0.2) is 28.9 Å². The van der Waals surface area contributed by atoms with Crippen molar-refractivity contribution < 1.29 is 9.21 Å². The van der Waals surface area contributed by atoms with E-state index in [4.69, 9.17) is 4.42 Å². The van der Waals surface area contributed by atoms with Gasteiger partial charge < -0.3 is 15.1 Å². The van der Waals surface area contributed by atoms with Gasteiger partial charge in [0.25, 0.3) is 5.91 Å². The van der Waals surface area contributed by atoms with Crippen LogP contribution in [0, 0.1) is 0 Å². The minimum atomic E-state index is -0.0968. The summed E-state index contributed by atoms with van der Waals surface area (Å²) in [5.74, 6) is 0.744. The molecule has 3 rings (SSSR count). The predicted molar refractivity (Wildman–Crippen MR) is 89.6 cm³/mol. The number of amides is 1. The van der Waals surface area contributed by atoms with E-state index in [0.29, 0.717) is 6.54 Å². The molecule has 5 heteroatoms. The van der Waals surface area contributed by atoms with Crippen LogP contribution in [0.1, 0.15) is 54.7 Å². The van der Waals surface area contributed by atoms with Crippen LogP contribution in [0.5, 0.6) is 0 Å². The molecular weight excluding hydrogens is 290 g/mol. The van der Waals surface area contributed by atoms with Crippen molar-refractivity contribution in [3.05, 3.63) is 47.2 Å². The SMILES string of the molecule is CC(C)(C)c1nc(CNc2ccc3c(c2)C(=O)NCCC3)co1. The molecule has 2 heterocycles. The number of benzene rings is 1. The summed E-state index contributed by atoms with van der Waals surface area (Å²) in [4.78, 5) is 16.6. The highest BCUT2D eigenvalue weighted by atomic mass is 16.3. The number of carbonyl (C=O) groups is 1. The fourth-order valence-electron chi connectivity index (χ4n) is 2.62. The lowest BCUT2D eigenvalue weighted by Crippen LogP contribution is -2.22. The van der Waals surface area contributed by atoms with E-state index < -0.39 is 0 Å². The molecule has 1 aliphatic heterocycles. The first kappa shape index (κ1) is 15.6. The Kier molecular flexibility index (Phi) is 4.11. The van der Waals surface area contributed by atoms with Crippen LogP contribution in [0.25, 0.3) is 0 Å². The first-order valence-corrected chi connectivity index (χ1v) is 8.03. The lowest BCUT2D eigenvalue weighted by molar-refractivity contribution is 0.0956. The lowest BCUT2D eigenvalue weighted by atomic mass is 9.97. The molecule has 0 spiro atoms. The Morgan fingerprint density at radius 1 is 1.35 bits per heavy atom. The number of aryl methyl sites for hydroxylation is 1. The van der Waals surface area contributed by atoms with Crippen molar-refractivity contribution in [1.82, 2.24) is 10.3 Å². The van der Waals surface area contributed by atoms with E-state index in [2.05, 4.69) is 36.4 Å². The van der Waals surface area contributed by atoms with Crippen LogP contribution < -0.4 is 10.6 Å². The minimum Gasteiger partial charge on any atom is -0.448 e. The van der Waals surface area contributed by atoms with Gasteiger partial charge in [-0.05, 0) is 30.5 Å². The largest absolute Gasteiger partial charge is 0.448 e. The van der Waals surface area contributed by atoms with E-state index in [1.54, 1.807) is 6.26 Å². The average Bonchev–Trinajstić information content (AvgIpc) is 2.92. The smallest absolute Gasteiger partial charge is 0.251 e. The van der Waals surface area contributed by atoms with Crippen LogP contribution in [-0.2, 0) is 18.4 Å². The zero-order valence-electron chi connectivity index (χ0n) is 13.9. The van der Waals surface area contributed by atoms with Crippen molar-refractivity contribution in [2.45, 2.75) is 45.6 Å². The molecule has 0 saturated heterocycles. The molecule has 0 saturated carbocycles. The van der Waals surface area contributed by atoms with Gasteiger partial charge in [-0.3, -0.25) is 4.79 Å². The number of aromatic nitrogens is 1. The van der Waals surface area contributed by atoms with Crippen LogP contribution >= 0.6 is 0 Å². The molecule has 1 aliphatic rings. The maximum atomic E-state index is 12.1. The number of hydrogen-bond donors (Lipinski definition) is 2. The highest BCUT2D eigenvalue weighted by molar-refractivity contribution is 5.97. The predicted octanol–water partition coefficient (Wildman–Crippen LogP) is 3.26. The summed E-state index contributed by atoms with van der Waals surface area (Å²) in [7, 11) is 0. The number of hydrogen-bond acceptors (Lipinski definition) is 4. The van der Waals surface area contributed by atoms with Gasteiger partial charge in [0.1, 0.15) is 6.26 Å². The molecular formula is C18H23N3O2. The highest BCUT2D eigenvalue weighted by Gasteiger charge is 2.20. The van der Waals surface area contributed by atoms with Crippen LogP contribution in [0.3, 0.4) is 0 Å². The number of oxazole rings is 1. The summed E-state index contributed by atoms with van der Waals surface area (Å²) in [5.41, 5.74) is 3.56. The van der Waals surface area contributed by atoms with Crippen molar-refractivity contribution in [1.29, 1.82) is 0 Å². The second kappa shape index (κ2) is 6.07. The van der Waals surface area contributed by atoms with Gasteiger partial charge in [-0.1, -0.05) is 26.8 Å². The topological polar surface area (TPSA) is 67.2 Å². The molecule has 5 nitrogen and oxygen atoms in total. The Balaban J connectivity index is 1.71. The van der Waals surface area contributed by atoms with Crippen LogP contribution in [0.4, 0.5) is 5.69 Å². The van der Waals surface area contributed by atoms with Crippen LogP contribution in [0.2, 0.25) is 0 Å². The van der Waals surface area contributed by atoms with E-state index in [0.717, 1.165) is 47.8 Å². The molecule has 0 atom stereocenters. The molecule has 0 unspecified atom stereocenters. The summed E-state index contributed by atoms with van der Waals surface area (Å²) < 4.78 is 5.53. The van der Waals surface area contributed by atoms with E-state index in [-0.39, 0.29) is 11.3 Å². The molecule has 0 fully saturated rings. The van der Waals surface area contributed by atoms with Gasteiger partial charge in [0.2, 0.25) is 0 Å². The standard InChI is InChI=1S/C18H23N3O2/c1-18(2,3)17-21-14(11-23-17)10-20-13-7-6-12-5-4-8-19-16(22)15(12)9-13/h6-7,9,11,20H,4-5,8,10H2,1-3H3,(H,19,22). The molecule has 1 amide bonds. The molecule has 0 bridgehead atoms. The number of fused-ring (bicyclic) bond motifs is 1. The summed E-state index contributed by atoms with van der Waals surface area (Å²) >= 11 is 0. The van der Waals surface area contributed by atoms with E-state index in [9.17, 15) is 4.79 Å². The Morgan fingerprint density at radius 3 is 2.91 bits per heavy atom. The van der Waals surface area contributed by atoms with E-state index >= 15 is 0 Å². The zero-order valence-corrected chi connectivity index (χ0v) is 13.9. The van der Waals surface area contributed by atoms with E-state index in [1.165, 1.54) is 0 Å². The van der Waals surface area contributed by atoms with Crippen molar-refractivity contribution in [3.8, 4) is 0 Å². The molecule has 23 heavy (non-hydrogen) atoms. The number of carbonyl (C=O) groups excluding carboxylic acids is 1. The first-order chi connectivity index (χ1) is 10.9. The van der Waals surface area contributed by atoms with Gasteiger partial charge >= 0.3 is 0 Å². The van der Waals surface area contributed by atoms with Gasteiger partial charge in [-0.25, -0.2) is 4.98 Å². The molecule has 1 aromatic carbocycles. The third kappa shape index (κ3) is 3.55. The number of anilines is 1. The van der Waals surface area contributed by atoms with Crippen LogP contribution in [-0.4, -0.2) is 17.4 Å². The Bertz CT molecular complexity index is 713. The average molecular weight is 313 g/mol. The summed E-state index contributed by atoms with van der Waals surface area (Å²) in [6, 6.07) is 5.97. The summed E-state index contributed by atoms with van der Waals surface area (Å²) in [6.45, 7) is 7.52. The second-order valence-electron chi connectivity index (χ2n) is 6.98. The summed E-state index contributed by atoms with van der Waals surface area (Å²) in [5, 5.41) is 6.24. The highest BCUT2D eigenvalue weighted by Crippen LogP contribution is 2.22. The lowest BCUT2D eigenvalue weighted by Gasteiger charge is -2.12. The third-order valence-corrected chi connectivity index (χ3v) is 3.93. The van der Waals surface area contributed by atoms with Crippen molar-refractivity contribution in [2.75, 3.05) is 11.9 Å². The molecule has 122 valence electrons. The number of rotatable bonds is 3. The maximum absolute atomic E-state index is 12.1. The molecule has 1 aromatic heterocycles. The molecule has 2 aromatic rings. The number of nitrogens with zero attached hydrogens (tertiary/aromatic N) is 1. The monoisotopic (exact) mass is 313 g/mol. The Hall–Kier alpha value is -2.30. The van der Waals surface area contributed by atoms with Crippen molar-refractivity contribution in [3.63, 3.8) is 0 Å². The third-order valence-electron chi connectivity index (χ3n) is 3.93.